The van der Waals surface area contributed by atoms with Crippen molar-refractivity contribution in [1.29, 1.82) is 0 Å². The summed E-state index contributed by atoms with van der Waals surface area (Å²) in [6.07, 6.45) is 1.000. The summed E-state index contributed by atoms with van der Waals surface area (Å²) in [5.41, 5.74) is 4.82. The zero-order chi connectivity index (χ0) is 23.8. The van der Waals surface area contributed by atoms with Gasteiger partial charge in [0.2, 0.25) is 0 Å². The number of carbonyl (C=O) groups is 2. The Morgan fingerprint density at radius 2 is 1.32 bits per heavy atom. The Morgan fingerprint density at radius 1 is 0.765 bits per heavy atom. The van der Waals surface area contributed by atoms with E-state index in [0.29, 0.717) is 16.9 Å². The minimum absolute atomic E-state index is 0.0173. The van der Waals surface area contributed by atoms with E-state index in [-0.39, 0.29) is 12.2 Å². The van der Waals surface area contributed by atoms with Gasteiger partial charge in [0.1, 0.15) is 12.0 Å². The van der Waals surface area contributed by atoms with Gasteiger partial charge in [-0.25, -0.2) is 0 Å². The van der Waals surface area contributed by atoms with Crippen LogP contribution in [0, 0.1) is 0 Å². The molecule has 4 heteroatoms. The molecule has 0 heterocycles. The average Bonchev–Trinajstić information content (AvgIpc) is 2.92. The Morgan fingerprint density at radius 3 is 1.82 bits per heavy atom. The highest BCUT2D eigenvalue weighted by Gasteiger charge is 2.19. The molecule has 4 rings (SSSR count). The lowest BCUT2D eigenvalue weighted by Gasteiger charge is -2.17. The number of rotatable bonds is 9. The number of ether oxygens (including phenoxy) is 1. The second-order valence-electron chi connectivity index (χ2n) is 7.87. The topological polar surface area (TPSA) is 55.7 Å². The average molecular weight is 448 g/mol. The molecule has 0 spiro atoms. The minimum atomic E-state index is -0.425. The van der Waals surface area contributed by atoms with E-state index in [4.69, 9.17) is 9.73 Å². The first kappa shape index (κ1) is 22.9. The van der Waals surface area contributed by atoms with Crippen LogP contribution in [0.15, 0.2) is 114 Å². The van der Waals surface area contributed by atoms with Crippen LogP contribution in [-0.4, -0.2) is 24.9 Å². The molecule has 4 aromatic rings. The Bertz CT molecular complexity index is 1220. The molecule has 168 valence electrons. The molecule has 0 radical (unpaired) electrons. The van der Waals surface area contributed by atoms with Crippen molar-refractivity contribution >= 4 is 17.8 Å². The molecule has 0 N–H and O–H groups in total. The highest BCUT2D eigenvalue weighted by Crippen LogP contribution is 2.27. The van der Waals surface area contributed by atoms with Crippen LogP contribution in [-0.2, 0) is 0 Å². The first-order valence-corrected chi connectivity index (χ1v) is 11.1. The van der Waals surface area contributed by atoms with Crippen molar-refractivity contribution < 1.29 is 14.3 Å². The standard InChI is InChI=1S/C30H25NO3/c1-34-27-18-16-24(17-19-27)29(33)20-28(23-14-12-22(21-32)13-15-23)31-30(25-8-4-2-5-9-25)26-10-6-3-7-11-26/h2-19,21,28H,20H2,1H3. The second-order valence-corrected chi connectivity index (χ2v) is 7.87. The molecule has 0 saturated heterocycles. The first-order chi connectivity index (χ1) is 16.7. The van der Waals surface area contributed by atoms with Crippen molar-refractivity contribution in [2.24, 2.45) is 4.99 Å². The van der Waals surface area contributed by atoms with E-state index < -0.39 is 6.04 Å². The summed E-state index contributed by atoms with van der Waals surface area (Å²) in [7, 11) is 1.60. The number of hydrogen-bond acceptors (Lipinski definition) is 4. The maximum Gasteiger partial charge on any atom is 0.165 e. The van der Waals surface area contributed by atoms with Crippen LogP contribution in [0.3, 0.4) is 0 Å². The molecule has 0 aliphatic heterocycles. The van der Waals surface area contributed by atoms with Gasteiger partial charge in [-0.1, -0.05) is 84.9 Å². The largest absolute Gasteiger partial charge is 0.497 e. The smallest absolute Gasteiger partial charge is 0.165 e. The van der Waals surface area contributed by atoms with E-state index in [1.807, 2.05) is 72.8 Å². The number of benzene rings is 4. The summed E-state index contributed by atoms with van der Waals surface area (Å²) in [6, 6.07) is 33.8. The van der Waals surface area contributed by atoms with Crippen LogP contribution in [0.25, 0.3) is 0 Å². The SMILES string of the molecule is COc1ccc(C(=O)CC(N=C(c2ccccc2)c2ccccc2)c2ccc(C=O)cc2)cc1. The number of methoxy groups -OCH3 is 1. The van der Waals surface area contributed by atoms with Gasteiger partial charge in [0.15, 0.2) is 5.78 Å². The van der Waals surface area contributed by atoms with Gasteiger partial charge in [-0.3, -0.25) is 14.6 Å². The predicted molar refractivity (Wildman–Crippen MR) is 135 cm³/mol. The van der Waals surface area contributed by atoms with Crippen molar-refractivity contribution in [3.05, 3.63) is 137 Å². The zero-order valence-electron chi connectivity index (χ0n) is 18.9. The van der Waals surface area contributed by atoms with Gasteiger partial charge in [-0.15, -0.1) is 0 Å². The van der Waals surface area contributed by atoms with Crippen LogP contribution in [0.5, 0.6) is 5.75 Å². The van der Waals surface area contributed by atoms with Crippen molar-refractivity contribution in [2.45, 2.75) is 12.5 Å². The fourth-order valence-electron chi connectivity index (χ4n) is 3.77. The van der Waals surface area contributed by atoms with Gasteiger partial charge in [0.05, 0.1) is 18.9 Å². The van der Waals surface area contributed by atoms with Crippen molar-refractivity contribution in [3.8, 4) is 5.75 Å². The molecule has 1 atom stereocenters. The number of aliphatic imine (C=N–C) groups is 1. The van der Waals surface area contributed by atoms with E-state index in [1.54, 1.807) is 43.5 Å². The molecule has 1 unspecified atom stereocenters. The fourth-order valence-corrected chi connectivity index (χ4v) is 3.77. The number of nitrogens with zero attached hydrogens (tertiary/aromatic N) is 1. The van der Waals surface area contributed by atoms with Crippen LogP contribution in [0.4, 0.5) is 0 Å². The van der Waals surface area contributed by atoms with E-state index in [0.717, 1.165) is 28.7 Å². The first-order valence-electron chi connectivity index (χ1n) is 11.1. The quantitative estimate of drug-likeness (QED) is 0.170. The minimum Gasteiger partial charge on any atom is -0.497 e. The summed E-state index contributed by atoms with van der Waals surface area (Å²) in [5.74, 6) is 0.683. The number of ketones is 1. The Hall–Kier alpha value is -4.31. The summed E-state index contributed by atoms with van der Waals surface area (Å²) in [5, 5.41) is 0. The van der Waals surface area contributed by atoms with Crippen molar-refractivity contribution in [3.63, 3.8) is 0 Å². The summed E-state index contributed by atoms with van der Waals surface area (Å²) in [6.45, 7) is 0. The molecule has 0 aliphatic carbocycles. The summed E-state index contributed by atoms with van der Waals surface area (Å²) in [4.78, 5) is 29.5. The number of hydrogen-bond donors (Lipinski definition) is 0. The fraction of sp³-hybridized carbons (Fsp3) is 0.100. The van der Waals surface area contributed by atoms with Gasteiger partial charge in [0.25, 0.3) is 0 Å². The van der Waals surface area contributed by atoms with Gasteiger partial charge >= 0.3 is 0 Å². The predicted octanol–water partition coefficient (Wildman–Crippen LogP) is 6.36. The zero-order valence-corrected chi connectivity index (χ0v) is 18.9. The lowest BCUT2D eigenvalue weighted by molar-refractivity contribution is 0.0974. The van der Waals surface area contributed by atoms with Crippen molar-refractivity contribution in [1.82, 2.24) is 0 Å². The van der Waals surface area contributed by atoms with Gasteiger partial charge in [-0.2, -0.15) is 0 Å². The van der Waals surface area contributed by atoms with Gasteiger partial charge < -0.3 is 4.74 Å². The lowest BCUT2D eigenvalue weighted by atomic mass is 9.96. The van der Waals surface area contributed by atoms with E-state index in [9.17, 15) is 9.59 Å². The normalized spacial score (nSPS) is 11.3. The Labute approximate surface area is 199 Å². The van der Waals surface area contributed by atoms with Gasteiger partial charge in [-0.05, 0) is 29.8 Å². The molecular formula is C30H25NO3. The van der Waals surface area contributed by atoms with E-state index in [1.165, 1.54) is 0 Å². The third kappa shape index (κ3) is 5.54. The summed E-state index contributed by atoms with van der Waals surface area (Å²) >= 11 is 0. The number of aldehydes is 1. The molecular weight excluding hydrogens is 422 g/mol. The lowest BCUT2D eigenvalue weighted by Crippen LogP contribution is -2.11. The van der Waals surface area contributed by atoms with E-state index >= 15 is 0 Å². The molecule has 0 fully saturated rings. The molecule has 0 amide bonds. The molecule has 4 nitrogen and oxygen atoms in total. The second kappa shape index (κ2) is 11.0. The van der Waals surface area contributed by atoms with Gasteiger partial charge in [0, 0.05) is 28.7 Å². The number of Topliss-reactive ketones (excluding diaryl/α,β-unsaturated/α-hetero) is 1. The third-order valence-electron chi connectivity index (χ3n) is 5.63. The molecule has 0 saturated carbocycles. The van der Waals surface area contributed by atoms with Crippen LogP contribution in [0.2, 0.25) is 0 Å². The molecule has 4 aromatic carbocycles. The Kier molecular flexibility index (Phi) is 7.41. The maximum atomic E-state index is 13.2. The van der Waals surface area contributed by atoms with E-state index in [2.05, 4.69) is 0 Å². The molecule has 0 bridgehead atoms. The third-order valence-corrected chi connectivity index (χ3v) is 5.63. The highest BCUT2D eigenvalue weighted by atomic mass is 16.5. The number of carbonyl (C=O) groups excluding carboxylic acids is 2. The molecule has 34 heavy (non-hydrogen) atoms. The van der Waals surface area contributed by atoms with Crippen molar-refractivity contribution in [2.75, 3.05) is 7.11 Å². The van der Waals surface area contributed by atoms with Crippen LogP contribution < -0.4 is 4.74 Å². The molecule has 0 aliphatic rings. The highest BCUT2D eigenvalue weighted by molar-refractivity contribution is 6.13. The van der Waals surface area contributed by atoms with Crippen LogP contribution in [0.1, 0.15) is 49.9 Å². The maximum absolute atomic E-state index is 13.2. The summed E-state index contributed by atoms with van der Waals surface area (Å²) < 4.78 is 5.21. The van der Waals surface area contributed by atoms with Crippen LogP contribution >= 0.6 is 0 Å². The monoisotopic (exact) mass is 447 g/mol. The molecule has 0 aromatic heterocycles. The Balaban J connectivity index is 1.77.